The number of hydrogen-bond donors (Lipinski definition) is 2. The number of likely N-dealkylation sites (N-methyl/N-ethyl adjacent to an activating group) is 1. The molecule has 0 spiro atoms. The maximum absolute atomic E-state index is 13.6. The molecule has 27 heavy (non-hydrogen) atoms. The maximum Gasteiger partial charge on any atom is 0.229 e. The van der Waals surface area contributed by atoms with Crippen LogP contribution in [0.4, 0.5) is 31.9 Å². The molecule has 1 aliphatic rings. The third kappa shape index (κ3) is 4.04. The quantitative estimate of drug-likeness (QED) is 0.771. The summed E-state index contributed by atoms with van der Waals surface area (Å²) < 4.78 is 27.1. The predicted octanol–water partition coefficient (Wildman–Crippen LogP) is 3.89. The Bertz CT molecular complexity index is 807. The van der Waals surface area contributed by atoms with Crippen LogP contribution in [0.3, 0.4) is 0 Å². The Kier molecular flexibility index (Phi) is 5.34. The largest absolute Gasteiger partial charge is 0.503 e. The van der Waals surface area contributed by atoms with Gasteiger partial charge in [0, 0.05) is 44.0 Å². The van der Waals surface area contributed by atoms with Crippen LogP contribution in [0, 0.1) is 17.6 Å². The summed E-state index contributed by atoms with van der Waals surface area (Å²) in [5.41, 5.74) is 1.05. The van der Waals surface area contributed by atoms with Crippen molar-refractivity contribution in [1.29, 1.82) is 0 Å². The van der Waals surface area contributed by atoms with Gasteiger partial charge in [0.2, 0.25) is 5.95 Å². The second-order valence-electron chi connectivity index (χ2n) is 7.42. The molecule has 1 atom stereocenters. The number of aromatic hydroxyl groups is 1. The van der Waals surface area contributed by atoms with E-state index in [0.717, 1.165) is 43.1 Å². The van der Waals surface area contributed by atoms with Crippen molar-refractivity contribution in [3.8, 4) is 5.75 Å². The topological polar surface area (TPSA) is 64.5 Å². The van der Waals surface area contributed by atoms with Gasteiger partial charge in [0.25, 0.3) is 0 Å². The van der Waals surface area contributed by atoms with E-state index in [1.807, 2.05) is 7.05 Å². The zero-order valence-electron chi connectivity index (χ0n) is 16.0. The number of rotatable bonds is 5. The molecule has 6 nitrogen and oxygen atoms in total. The van der Waals surface area contributed by atoms with Crippen LogP contribution in [0.1, 0.15) is 27.2 Å². The van der Waals surface area contributed by atoms with E-state index in [1.54, 1.807) is 6.20 Å². The van der Waals surface area contributed by atoms with Crippen molar-refractivity contribution in [2.45, 2.75) is 33.2 Å². The Balaban J connectivity index is 1.91. The number of halogens is 2. The first-order valence-corrected chi connectivity index (χ1v) is 9.06. The molecule has 0 fully saturated rings. The third-order valence-electron chi connectivity index (χ3n) is 4.72. The minimum Gasteiger partial charge on any atom is -0.503 e. The molecule has 146 valence electrons. The number of hydrogen-bond acceptors (Lipinski definition) is 6. The van der Waals surface area contributed by atoms with Crippen LogP contribution in [0.5, 0.6) is 5.75 Å². The Hall–Kier alpha value is -2.64. The highest BCUT2D eigenvalue weighted by molar-refractivity contribution is 5.71. The molecule has 0 radical (unpaired) electrons. The molecule has 1 aromatic heterocycles. The molecule has 2 heterocycles. The van der Waals surface area contributed by atoms with Crippen LogP contribution in [-0.4, -0.2) is 41.3 Å². The molecule has 1 aromatic carbocycles. The van der Waals surface area contributed by atoms with Crippen molar-refractivity contribution in [2.24, 2.45) is 5.92 Å². The standard InChI is InChI=1S/C19H25F2N5O/c1-11(2)5-6-26-12(3)10-25(4)16-9-22-19(24-18(16)26)23-13-7-14(20)17(27)15(21)8-13/h7-9,11-12,27H,5-6,10H2,1-4H3,(H,22,23,24). The Morgan fingerprint density at radius 1 is 1.30 bits per heavy atom. The van der Waals surface area contributed by atoms with E-state index in [4.69, 9.17) is 0 Å². The number of fused-ring (bicyclic) bond motifs is 1. The van der Waals surface area contributed by atoms with Crippen molar-refractivity contribution in [1.82, 2.24) is 9.97 Å². The van der Waals surface area contributed by atoms with Crippen LogP contribution in [0.25, 0.3) is 0 Å². The summed E-state index contributed by atoms with van der Waals surface area (Å²) in [5.74, 6) is -1.46. The summed E-state index contributed by atoms with van der Waals surface area (Å²) in [6, 6.07) is 2.30. The average Bonchev–Trinajstić information content (AvgIpc) is 2.59. The number of phenols is 1. The maximum atomic E-state index is 13.6. The fourth-order valence-corrected chi connectivity index (χ4v) is 3.20. The normalized spacial score (nSPS) is 16.6. The highest BCUT2D eigenvalue weighted by atomic mass is 19.1. The lowest BCUT2D eigenvalue weighted by Crippen LogP contribution is -2.47. The van der Waals surface area contributed by atoms with Gasteiger partial charge in [-0.15, -0.1) is 0 Å². The van der Waals surface area contributed by atoms with E-state index in [1.165, 1.54) is 0 Å². The fraction of sp³-hybridized carbons (Fsp3) is 0.474. The Morgan fingerprint density at radius 3 is 2.59 bits per heavy atom. The van der Waals surface area contributed by atoms with E-state index >= 15 is 0 Å². The second-order valence-corrected chi connectivity index (χ2v) is 7.42. The lowest BCUT2D eigenvalue weighted by atomic mass is 10.1. The van der Waals surface area contributed by atoms with Gasteiger partial charge in [-0.3, -0.25) is 0 Å². The summed E-state index contributed by atoms with van der Waals surface area (Å²) in [6.45, 7) is 8.26. The van der Waals surface area contributed by atoms with Crippen LogP contribution in [0.2, 0.25) is 0 Å². The summed E-state index contributed by atoms with van der Waals surface area (Å²) in [6.07, 6.45) is 2.75. The molecule has 1 aliphatic heterocycles. The van der Waals surface area contributed by atoms with Gasteiger partial charge in [-0.2, -0.15) is 4.98 Å². The summed E-state index contributed by atoms with van der Waals surface area (Å²) >= 11 is 0. The van der Waals surface area contributed by atoms with Gasteiger partial charge in [-0.05, 0) is 19.3 Å². The molecule has 8 heteroatoms. The van der Waals surface area contributed by atoms with Crippen LogP contribution < -0.4 is 15.1 Å². The van der Waals surface area contributed by atoms with Gasteiger partial charge in [-0.25, -0.2) is 13.8 Å². The van der Waals surface area contributed by atoms with Gasteiger partial charge in [-0.1, -0.05) is 13.8 Å². The minimum absolute atomic E-state index is 0.133. The first-order valence-electron chi connectivity index (χ1n) is 9.06. The molecule has 2 aromatic rings. The Labute approximate surface area is 157 Å². The highest BCUT2D eigenvalue weighted by Crippen LogP contribution is 2.34. The van der Waals surface area contributed by atoms with Gasteiger partial charge >= 0.3 is 0 Å². The van der Waals surface area contributed by atoms with E-state index in [2.05, 4.69) is 45.9 Å². The van der Waals surface area contributed by atoms with Crippen molar-refractivity contribution >= 4 is 23.1 Å². The lowest BCUT2D eigenvalue weighted by molar-refractivity contribution is 0.396. The molecule has 0 saturated heterocycles. The number of aromatic nitrogens is 2. The van der Waals surface area contributed by atoms with Crippen LogP contribution >= 0.6 is 0 Å². The molecule has 2 N–H and O–H groups in total. The van der Waals surface area contributed by atoms with Crippen LogP contribution in [0.15, 0.2) is 18.3 Å². The first-order chi connectivity index (χ1) is 12.8. The molecule has 0 saturated carbocycles. The number of phenolic OH excluding ortho intramolecular Hbond substituents is 1. The van der Waals surface area contributed by atoms with E-state index < -0.39 is 17.4 Å². The second kappa shape index (κ2) is 7.54. The average molecular weight is 377 g/mol. The monoisotopic (exact) mass is 377 g/mol. The molecule has 0 bridgehead atoms. The van der Waals surface area contributed by atoms with E-state index in [-0.39, 0.29) is 17.7 Å². The first kappa shape index (κ1) is 19.1. The van der Waals surface area contributed by atoms with Gasteiger partial charge in [0.1, 0.15) is 0 Å². The van der Waals surface area contributed by atoms with Crippen molar-refractivity contribution in [3.05, 3.63) is 30.0 Å². The zero-order chi connectivity index (χ0) is 19.7. The minimum atomic E-state index is -1.04. The smallest absolute Gasteiger partial charge is 0.229 e. The van der Waals surface area contributed by atoms with Crippen molar-refractivity contribution < 1.29 is 13.9 Å². The van der Waals surface area contributed by atoms with Crippen molar-refractivity contribution in [2.75, 3.05) is 35.3 Å². The van der Waals surface area contributed by atoms with Gasteiger partial charge < -0.3 is 20.2 Å². The summed E-state index contributed by atoms with van der Waals surface area (Å²) in [7, 11) is 2.00. The zero-order valence-corrected chi connectivity index (χ0v) is 16.0. The SMILES string of the molecule is CC(C)CCN1c2nc(Nc3cc(F)c(O)c(F)c3)ncc2N(C)CC1C. The Morgan fingerprint density at radius 2 is 1.96 bits per heavy atom. The van der Waals surface area contributed by atoms with E-state index in [9.17, 15) is 13.9 Å². The molecule has 1 unspecified atom stereocenters. The number of nitrogens with zero attached hydrogens (tertiary/aromatic N) is 4. The van der Waals surface area contributed by atoms with Crippen molar-refractivity contribution in [3.63, 3.8) is 0 Å². The number of benzene rings is 1. The summed E-state index contributed by atoms with van der Waals surface area (Å²) in [5, 5.41) is 12.1. The molecular formula is C19H25F2N5O. The van der Waals surface area contributed by atoms with E-state index in [0.29, 0.717) is 5.92 Å². The number of nitrogens with one attached hydrogen (secondary N) is 1. The lowest BCUT2D eigenvalue weighted by Gasteiger charge is -2.41. The molecular weight excluding hydrogens is 352 g/mol. The van der Waals surface area contributed by atoms with Crippen LogP contribution in [-0.2, 0) is 0 Å². The predicted molar refractivity (Wildman–Crippen MR) is 103 cm³/mol. The molecule has 0 amide bonds. The number of anilines is 4. The van der Waals surface area contributed by atoms with Gasteiger partial charge in [0.15, 0.2) is 23.2 Å². The summed E-state index contributed by atoms with van der Waals surface area (Å²) in [4.78, 5) is 13.2. The fourth-order valence-electron chi connectivity index (χ4n) is 3.20. The highest BCUT2D eigenvalue weighted by Gasteiger charge is 2.28. The molecule has 0 aliphatic carbocycles. The third-order valence-corrected chi connectivity index (χ3v) is 4.72. The molecule has 3 rings (SSSR count). The van der Waals surface area contributed by atoms with Gasteiger partial charge in [0.05, 0.1) is 11.9 Å².